The number of hydrogen-bond donors (Lipinski definition) is 0. The Hall–Kier alpha value is -0.840. The van der Waals surface area contributed by atoms with E-state index in [1.807, 2.05) is 18.2 Å². The largest absolute Gasteiger partial charge is 0.215 e. The molecule has 0 radical (unpaired) electrons. The first kappa shape index (κ1) is 15.1. The van der Waals surface area contributed by atoms with Crippen molar-refractivity contribution in [1.82, 2.24) is 9.97 Å². The molecule has 0 atom stereocenters. The molecule has 0 N–H and O–H groups in total. The zero-order valence-corrected chi connectivity index (χ0v) is 14.1. The molecule has 2 heterocycles. The van der Waals surface area contributed by atoms with E-state index in [0.29, 0.717) is 20.7 Å². The Morgan fingerprint density at radius 2 is 1.57 bits per heavy atom. The number of hydrogen-bond acceptors (Lipinski definition) is 3. The molecule has 7 heteroatoms. The van der Waals surface area contributed by atoms with Crippen LogP contribution in [0.2, 0.25) is 19.7 Å². The Morgan fingerprint density at radius 3 is 2.14 bits per heavy atom. The fourth-order valence-electron chi connectivity index (χ4n) is 1.83. The Bertz CT molecular complexity index is 793. The lowest BCUT2D eigenvalue weighted by Crippen LogP contribution is -1.93. The summed E-state index contributed by atoms with van der Waals surface area (Å²) in [4.78, 5) is 9.41. The van der Waals surface area contributed by atoms with Gasteiger partial charge in [0.25, 0.3) is 0 Å². The molecule has 106 valence electrons. The minimum atomic E-state index is 0.275. The molecule has 0 bridgehead atoms. The van der Waals surface area contributed by atoms with Gasteiger partial charge >= 0.3 is 0 Å². The van der Waals surface area contributed by atoms with Crippen LogP contribution in [0.3, 0.4) is 0 Å². The minimum absolute atomic E-state index is 0.275. The van der Waals surface area contributed by atoms with E-state index in [0.717, 1.165) is 10.4 Å². The van der Waals surface area contributed by atoms with Gasteiger partial charge in [0, 0.05) is 5.02 Å². The number of nitrogens with zero attached hydrogens (tertiary/aromatic N) is 2. The zero-order valence-electron chi connectivity index (χ0n) is 10.3. The van der Waals surface area contributed by atoms with Crippen molar-refractivity contribution in [2.24, 2.45) is 0 Å². The minimum Gasteiger partial charge on any atom is -0.215 e. The lowest BCUT2D eigenvalue weighted by molar-refractivity contribution is 1.19. The van der Waals surface area contributed by atoms with E-state index in [1.165, 1.54) is 11.3 Å². The molecule has 0 saturated heterocycles. The van der Waals surface area contributed by atoms with Gasteiger partial charge in [-0.2, -0.15) is 0 Å². The zero-order chi connectivity index (χ0) is 15.0. The summed E-state index contributed by atoms with van der Waals surface area (Å²) >= 11 is 25.8. The molecule has 0 fully saturated rings. The normalized spacial score (nSPS) is 10.9. The van der Waals surface area contributed by atoms with Crippen molar-refractivity contribution < 1.29 is 0 Å². The lowest BCUT2D eigenvalue weighted by Gasteiger charge is -2.08. The Balaban J connectivity index is 2.12. The van der Waals surface area contributed by atoms with E-state index in [9.17, 15) is 0 Å². The highest BCUT2D eigenvalue weighted by Gasteiger charge is 2.15. The van der Waals surface area contributed by atoms with E-state index in [2.05, 4.69) is 9.97 Å². The van der Waals surface area contributed by atoms with E-state index in [1.54, 1.807) is 18.2 Å². The first-order chi connectivity index (χ1) is 10.0. The molecule has 0 aliphatic carbocycles. The van der Waals surface area contributed by atoms with Crippen molar-refractivity contribution >= 4 is 57.7 Å². The van der Waals surface area contributed by atoms with Gasteiger partial charge in [-0.3, -0.25) is 0 Å². The lowest BCUT2D eigenvalue weighted by atomic mass is 10.1. The standard InChI is InChI=1S/C14H6Cl4N2S/c15-8-3-1-2-7(6-8)11-12(17)19-14(20-13(11)18)9-4-5-10(16)21-9/h1-6H. The van der Waals surface area contributed by atoms with E-state index >= 15 is 0 Å². The second-order valence-corrected chi connectivity index (χ2v) is 6.99. The molecule has 0 unspecified atom stereocenters. The van der Waals surface area contributed by atoms with Gasteiger partial charge in [0.1, 0.15) is 10.3 Å². The van der Waals surface area contributed by atoms with Crippen LogP contribution in [0, 0.1) is 0 Å². The second kappa shape index (κ2) is 6.11. The Kier molecular flexibility index (Phi) is 4.38. The highest BCUT2D eigenvalue weighted by molar-refractivity contribution is 7.19. The summed E-state index contributed by atoms with van der Waals surface area (Å²) in [6.07, 6.45) is 0. The van der Waals surface area contributed by atoms with Crippen LogP contribution >= 0.6 is 57.7 Å². The van der Waals surface area contributed by atoms with Gasteiger partial charge < -0.3 is 0 Å². The van der Waals surface area contributed by atoms with Crippen LogP contribution in [0.15, 0.2) is 36.4 Å². The van der Waals surface area contributed by atoms with Crippen LogP contribution in [0.1, 0.15) is 0 Å². The van der Waals surface area contributed by atoms with Gasteiger partial charge in [0.15, 0.2) is 5.82 Å². The van der Waals surface area contributed by atoms with Gasteiger partial charge in [-0.1, -0.05) is 58.5 Å². The molecule has 3 rings (SSSR count). The first-order valence-corrected chi connectivity index (χ1v) is 8.12. The first-order valence-electron chi connectivity index (χ1n) is 5.79. The van der Waals surface area contributed by atoms with Gasteiger partial charge in [0.2, 0.25) is 0 Å². The maximum absolute atomic E-state index is 6.27. The molecule has 21 heavy (non-hydrogen) atoms. The fraction of sp³-hybridized carbons (Fsp3) is 0. The van der Waals surface area contributed by atoms with Crippen LogP contribution in [0.4, 0.5) is 0 Å². The van der Waals surface area contributed by atoms with Crippen molar-refractivity contribution in [3.63, 3.8) is 0 Å². The third-order valence-corrected chi connectivity index (χ3v) is 4.74. The van der Waals surface area contributed by atoms with Crippen molar-refractivity contribution in [2.45, 2.75) is 0 Å². The summed E-state index contributed by atoms with van der Waals surface area (Å²) < 4.78 is 0.653. The third-order valence-electron chi connectivity index (χ3n) is 2.73. The van der Waals surface area contributed by atoms with Crippen LogP contribution in [0.5, 0.6) is 0 Å². The summed E-state index contributed by atoms with van der Waals surface area (Å²) in [5.74, 6) is 0.452. The highest BCUT2D eigenvalue weighted by atomic mass is 35.5. The summed E-state index contributed by atoms with van der Waals surface area (Å²) in [6, 6.07) is 10.8. The number of halogens is 4. The maximum Gasteiger partial charge on any atom is 0.172 e. The highest BCUT2D eigenvalue weighted by Crippen LogP contribution is 2.37. The van der Waals surface area contributed by atoms with Crippen molar-refractivity contribution in [2.75, 3.05) is 0 Å². The Labute approximate surface area is 145 Å². The monoisotopic (exact) mass is 374 g/mol. The molecule has 3 aromatic rings. The summed E-state index contributed by atoms with van der Waals surface area (Å²) in [6.45, 7) is 0. The topological polar surface area (TPSA) is 25.8 Å². The quantitative estimate of drug-likeness (QED) is 0.478. The molecular weight excluding hydrogens is 370 g/mol. The van der Waals surface area contributed by atoms with Gasteiger partial charge in [-0.15, -0.1) is 11.3 Å². The predicted octanol–water partition coefficient (Wildman–Crippen LogP) is 6.49. The molecular formula is C14H6Cl4N2S. The summed E-state index contributed by atoms with van der Waals surface area (Å²) in [7, 11) is 0. The number of benzene rings is 1. The third kappa shape index (κ3) is 3.17. The van der Waals surface area contributed by atoms with Crippen LogP contribution in [0.25, 0.3) is 21.8 Å². The smallest absolute Gasteiger partial charge is 0.172 e. The van der Waals surface area contributed by atoms with E-state index in [-0.39, 0.29) is 10.3 Å². The molecule has 0 saturated carbocycles. The number of thiophene rings is 1. The number of rotatable bonds is 2. The molecule has 2 aromatic heterocycles. The van der Waals surface area contributed by atoms with E-state index in [4.69, 9.17) is 46.4 Å². The summed E-state index contributed by atoms with van der Waals surface area (Å²) in [5.41, 5.74) is 1.33. The SMILES string of the molecule is Clc1cccc(-c2c(Cl)nc(-c3ccc(Cl)s3)nc2Cl)c1. The van der Waals surface area contributed by atoms with Crippen LogP contribution < -0.4 is 0 Å². The average Bonchev–Trinajstić information content (AvgIpc) is 2.85. The van der Waals surface area contributed by atoms with Crippen molar-refractivity contribution in [3.05, 3.63) is 56.1 Å². The van der Waals surface area contributed by atoms with Crippen LogP contribution in [-0.4, -0.2) is 9.97 Å². The summed E-state index contributed by atoms with van der Waals surface area (Å²) in [5, 5.41) is 1.14. The second-order valence-electron chi connectivity index (χ2n) is 4.12. The van der Waals surface area contributed by atoms with Crippen molar-refractivity contribution in [3.8, 4) is 21.8 Å². The Morgan fingerprint density at radius 1 is 0.857 bits per heavy atom. The maximum atomic E-state index is 6.27. The number of aromatic nitrogens is 2. The van der Waals surface area contributed by atoms with E-state index < -0.39 is 0 Å². The van der Waals surface area contributed by atoms with Gasteiger partial charge in [-0.05, 0) is 29.8 Å². The predicted molar refractivity (Wildman–Crippen MR) is 90.8 cm³/mol. The van der Waals surface area contributed by atoms with Gasteiger partial charge in [-0.25, -0.2) is 9.97 Å². The molecule has 0 aliphatic heterocycles. The molecule has 0 amide bonds. The van der Waals surface area contributed by atoms with Crippen molar-refractivity contribution in [1.29, 1.82) is 0 Å². The average molecular weight is 376 g/mol. The van der Waals surface area contributed by atoms with Gasteiger partial charge in [0.05, 0.1) is 14.8 Å². The molecule has 0 spiro atoms. The molecule has 1 aromatic carbocycles. The fourth-order valence-corrected chi connectivity index (χ4v) is 3.61. The van der Waals surface area contributed by atoms with Crippen LogP contribution in [-0.2, 0) is 0 Å². The molecule has 2 nitrogen and oxygen atoms in total. The molecule has 0 aliphatic rings.